The summed E-state index contributed by atoms with van der Waals surface area (Å²) < 4.78 is 5.13. The van der Waals surface area contributed by atoms with Crippen LogP contribution in [0.5, 0.6) is 5.75 Å². The van der Waals surface area contributed by atoms with E-state index in [1.165, 1.54) is 0 Å². The van der Waals surface area contributed by atoms with Gasteiger partial charge >= 0.3 is 0 Å². The van der Waals surface area contributed by atoms with Gasteiger partial charge in [-0.15, -0.1) is 0 Å². The van der Waals surface area contributed by atoms with Crippen molar-refractivity contribution in [3.05, 3.63) is 54.1 Å². The lowest BCUT2D eigenvalue weighted by atomic mass is 9.93. The zero-order chi connectivity index (χ0) is 14.2. The zero-order valence-electron chi connectivity index (χ0n) is 11.4. The van der Waals surface area contributed by atoms with E-state index in [4.69, 9.17) is 4.74 Å². The van der Waals surface area contributed by atoms with E-state index in [-0.39, 0.29) is 5.91 Å². The summed E-state index contributed by atoms with van der Waals surface area (Å²) in [5, 5.41) is 6.21. The molecule has 4 nitrogen and oxygen atoms in total. The van der Waals surface area contributed by atoms with Crippen molar-refractivity contribution < 1.29 is 9.53 Å². The summed E-state index contributed by atoms with van der Waals surface area (Å²) >= 11 is 0. The van der Waals surface area contributed by atoms with Crippen molar-refractivity contribution in [2.45, 2.75) is 12.5 Å². The smallest absolute Gasteiger partial charge is 0.254 e. The topological polar surface area (TPSA) is 50.4 Å². The molecule has 0 radical (unpaired) electrons. The fraction of sp³-hybridized carbons (Fsp3) is 0.188. The molecule has 0 bridgehead atoms. The predicted octanol–water partition coefficient (Wildman–Crippen LogP) is 2.97. The highest BCUT2D eigenvalue weighted by molar-refractivity contribution is 6.07. The standard InChI is InChI=1S/C16H16N2O2/c1-16(18-11-7-9-12(20-2)10-8-11)13-5-3-4-6-14(13)17-15(16)19/h3-10,18H,1-2H3,(H,17,19)/t16-/m0/s1. The summed E-state index contributed by atoms with van der Waals surface area (Å²) in [6.07, 6.45) is 0. The minimum atomic E-state index is -0.759. The highest BCUT2D eigenvalue weighted by Gasteiger charge is 2.42. The number of amides is 1. The summed E-state index contributed by atoms with van der Waals surface area (Å²) in [5.74, 6) is 0.742. The Morgan fingerprint density at radius 1 is 1.10 bits per heavy atom. The van der Waals surface area contributed by atoms with Crippen LogP contribution in [0.3, 0.4) is 0 Å². The van der Waals surface area contributed by atoms with Crippen LogP contribution in [0.2, 0.25) is 0 Å². The van der Waals surface area contributed by atoms with Crippen LogP contribution in [0, 0.1) is 0 Å². The average molecular weight is 268 g/mol. The number of nitrogens with one attached hydrogen (secondary N) is 2. The normalized spacial score (nSPS) is 20.2. The number of carbonyl (C=O) groups excluding carboxylic acids is 1. The lowest BCUT2D eigenvalue weighted by Crippen LogP contribution is -2.39. The van der Waals surface area contributed by atoms with Crippen LogP contribution in [0.15, 0.2) is 48.5 Å². The summed E-state index contributed by atoms with van der Waals surface area (Å²) in [6, 6.07) is 15.3. The van der Waals surface area contributed by atoms with Crippen LogP contribution in [0.1, 0.15) is 12.5 Å². The van der Waals surface area contributed by atoms with Crippen molar-refractivity contribution in [3.63, 3.8) is 0 Å². The molecule has 1 aliphatic rings. The largest absolute Gasteiger partial charge is 0.497 e. The Morgan fingerprint density at radius 3 is 2.50 bits per heavy atom. The summed E-state index contributed by atoms with van der Waals surface area (Å²) in [7, 11) is 1.63. The molecular weight excluding hydrogens is 252 g/mol. The van der Waals surface area contributed by atoms with Gasteiger partial charge in [0.1, 0.15) is 11.3 Å². The predicted molar refractivity (Wildman–Crippen MR) is 79.0 cm³/mol. The van der Waals surface area contributed by atoms with Crippen LogP contribution in [0.4, 0.5) is 11.4 Å². The maximum atomic E-state index is 12.3. The Labute approximate surface area is 117 Å². The Balaban J connectivity index is 1.94. The third-order valence-corrected chi connectivity index (χ3v) is 3.65. The first-order valence-corrected chi connectivity index (χ1v) is 6.47. The van der Waals surface area contributed by atoms with Crippen LogP contribution in [0.25, 0.3) is 0 Å². The first kappa shape index (κ1) is 12.5. The zero-order valence-corrected chi connectivity index (χ0v) is 11.4. The van der Waals surface area contributed by atoms with E-state index in [0.29, 0.717) is 0 Å². The summed E-state index contributed by atoms with van der Waals surface area (Å²) in [4.78, 5) is 12.3. The van der Waals surface area contributed by atoms with Gasteiger partial charge < -0.3 is 15.4 Å². The van der Waals surface area contributed by atoms with E-state index < -0.39 is 5.54 Å². The third kappa shape index (κ3) is 1.90. The van der Waals surface area contributed by atoms with Gasteiger partial charge in [0.2, 0.25) is 0 Å². The van der Waals surface area contributed by atoms with Crippen LogP contribution >= 0.6 is 0 Å². The highest BCUT2D eigenvalue weighted by Crippen LogP contribution is 2.38. The second-order valence-electron chi connectivity index (χ2n) is 4.98. The van der Waals surface area contributed by atoms with E-state index >= 15 is 0 Å². The second kappa shape index (κ2) is 4.56. The summed E-state index contributed by atoms with van der Waals surface area (Å²) in [5.41, 5.74) is 1.94. The van der Waals surface area contributed by atoms with E-state index in [1.807, 2.05) is 55.5 Å². The number of hydrogen-bond acceptors (Lipinski definition) is 3. The fourth-order valence-corrected chi connectivity index (χ4v) is 2.48. The molecule has 0 unspecified atom stereocenters. The average Bonchev–Trinajstić information content (AvgIpc) is 2.72. The molecule has 0 aliphatic carbocycles. The number of fused-ring (bicyclic) bond motifs is 1. The number of benzene rings is 2. The SMILES string of the molecule is COc1ccc(N[C@]2(C)C(=O)Nc3ccccc32)cc1. The third-order valence-electron chi connectivity index (χ3n) is 3.65. The van der Waals surface area contributed by atoms with Crippen LogP contribution in [-0.2, 0) is 10.3 Å². The molecule has 3 rings (SSSR count). The van der Waals surface area contributed by atoms with Gasteiger partial charge in [-0.25, -0.2) is 0 Å². The number of anilines is 2. The quantitative estimate of drug-likeness (QED) is 0.899. The van der Waals surface area contributed by atoms with Crippen LogP contribution in [-0.4, -0.2) is 13.0 Å². The number of para-hydroxylation sites is 1. The molecule has 2 aromatic carbocycles. The van der Waals surface area contributed by atoms with Gasteiger partial charge in [-0.05, 0) is 37.3 Å². The molecule has 1 amide bonds. The van der Waals surface area contributed by atoms with Crippen LogP contribution < -0.4 is 15.4 Å². The molecule has 0 fully saturated rings. The molecular formula is C16H16N2O2. The van der Waals surface area contributed by atoms with Crippen molar-refractivity contribution in [2.24, 2.45) is 0 Å². The second-order valence-corrected chi connectivity index (χ2v) is 4.98. The number of carbonyl (C=O) groups is 1. The molecule has 0 aromatic heterocycles. The molecule has 1 aliphatic heterocycles. The molecule has 0 saturated carbocycles. The maximum Gasteiger partial charge on any atom is 0.254 e. The van der Waals surface area contributed by atoms with Gasteiger partial charge in [0.15, 0.2) is 0 Å². The minimum Gasteiger partial charge on any atom is -0.497 e. The maximum absolute atomic E-state index is 12.3. The van der Waals surface area contributed by atoms with Crippen molar-refractivity contribution in [1.82, 2.24) is 0 Å². The van der Waals surface area contributed by atoms with E-state index in [1.54, 1.807) is 7.11 Å². The highest BCUT2D eigenvalue weighted by atomic mass is 16.5. The lowest BCUT2D eigenvalue weighted by molar-refractivity contribution is -0.119. The molecule has 2 aromatic rings. The molecule has 0 spiro atoms. The fourth-order valence-electron chi connectivity index (χ4n) is 2.48. The summed E-state index contributed by atoms with van der Waals surface area (Å²) in [6.45, 7) is 1.89. The monoisotopic (exact) mass is 268 g/mol. The minimum absolute atomic E-state index is 0.0467. The molecule has 20 heavy (non-hydrogen) atoms. The Morgan fingerprint density at radius 2 is 1.80 bits per heavy atom. The number of hydrogen-bond donors (Lipinski definition) is 2. The van der Waals surface area contributed by atoms with Gasteiger partial charge in [-0.3, -0.25) is 4.79 Å². The molecule has 102 valence electrons. The first-order valence-electron chi connectivity index (χ1n) is 6.47. The Hall–Kier alpha value is -2.49. The van der Waals surface area contributed by atoms with Crippen molar-refractivity contribution in [2.75, 3.05) is 17.7 Å². The van der Waals surface area contributed by atoms with Gasteiger partial charge in [-0.2, -0.15) is 0 Å². The molecule has 1 atom stereocenters. The number of methoxy groups -OCH3 is 1. The van der Waals surface area contributed by atoms with Crippen molar-refractivity contribution in [3.8, 4) is 5.75 Å². The number of rotatable bonds is 3. The lowest BCUT2D eigenvalue weighted by Gasteiger charge is -2.25. The first-order chi connectivity index (χ1) is 9.63. The molecule has 2 N–H and O–H groups in total. The Kier molecular flexibility index (Phi) is 2.86. The van der Waals surface area contributed by atoms with Gasteiger partial charge in [-0.1, -0.05) is 18.2 Å². The molecule has 0 saturated heterocycles. The molecule has 4 heteroatoms. The Bertz CT molecular complexity index is 652. The van der Waals surface area contributed by atoms with Crippen molar-refractivity contribution >= 4 is 17.3 Å². The van der Waals surface area contributed by atoms with Gasteiger partial charge in [0.05, 0.1) is 7.11 Å². The van der Waals surface area contributed by atoms with Crippen molar-refractivity contribution in [1.29, 1.82) is 0 Å². The number of ether oxygens (including phenoxy) is 1. The van der Waals surface area contributed by atoms with Gasteiger partial charge in [0, 0.05) is 16.9 Å². The molecule has 1 heterocycles. The van der Waals surface area contributed by atoms with E-state index in [0.717, 1.165) is 22.7 Å². The van der Waals surface area contributed by atoms with Gasteiger partial charge in [0.25, 0.3) is 5.91 Å². The van der Waals surface area contributed by atoms with E-state index in [9.17, 15) is 4.79 Å². The van der Waals surface area contributed by atoms with E-state index in [2.05, 4.69) is 10.6 Å².